The molecule has 0 spiro atoms. The van der Waals surface area contributed by atoms with E-state index in [-0.39, 0.29) is 0 Å². The van der Waals surface area contributed by atoms with Gasteiger partial charge in [0.2, 0.25) is 0 Å². The molecule has 11 heavy (non-hydrogen) atoms. The van der Waals surface area contributed by atoms with Gasteiger partial charge in [-0.25, -0.2) is 0 Å². The molecule has 0 aliphatic heterocycles. The normalized spacial score (nSPS) is 8.45. The quantitative estimate of drug-likeness (QED) is 0.603. The van der Waals surface area contributed by atoms with E-state index in [1.54, 1.807) is 0 Å². The van der Waals surface area contributed by atoms with Crippen molar-refractivity contribution in [3.63, 3.8) is 0 Å². The second-order valence-electron chi connectivity index (χ2n) is 2.01. The fraction of sp³-hybridized carbons (Fsp3) is 0.333. The summed E-state index contributed by atoms with van der Waals surface area (Å²) >= 11 is 3.42. The largest absolute Gasteiger partial charge is 0.106 e. The number of aryl methyl sites for hydroxylation is 1. The van der Waals surface area contributed by atoms with Crippen LogP contribution in [0.3, 0.4) is 0 Å². The van der Waals surface area contributed by atoms with Gasteiger partial charge in [-0.05, 0) is 23.9 Å². The van der Waals surface area contributed by atoms with Crippen LogP contribution in [0.1, 0.15) is 19.4 Å². The summed E-state index contributed by atoms with van der Waals surface area (Å²) < 4.78 is 1.17. The molecule has 62 valence electrons. The minimum absolute atomic E-state index is 1.17. The van der Waals surface area contributed by atoms with E-state index in [1.165, 1.54) is 15.3 Å². The monoisotopic (exact) mass is 232 g/mol. The van der Waals surface area contributed by atoms with Gasteiger partial charge >= 0.3 is 0 Å². The predicted molar refractivity (Wildman–Crippen MR) is 59.6 cm³/mol. The van der Waals surface area contributed by atoms with Crippen LogP contribution in [0.5, 0.6) is 0 Å². The van der Waals surface area contributed by atoms with Crippen LogP contribution >= 0.6 is 25.2 Å². The highest BCUT2D eigenvalue weighted by Gasteiger charge is 1.90. The zero-order chi connectivity index (χ0) is 8.85. The maximum atomic E-state index is 3.42. The number of rotatable bonds is 0. The van der Waals surface area contributed by atoms with Gasteiger partial charge in [0.25, 0.3) is 0 Å². The standard InChI is InChI=1S/C7H8BrP.C2H6/c1-5-4-6(9)2-3-7(5)8;1-2/h2-4H,9H2,1H3;1-2H3. The van der Waals surface area contributed by atoms with Crippen LogP contribution in [0.4, 0.5) is 0 Å². The summed E-state index contributed by atoms with van der Waals surface area (Å²) in [5.41, 5.74) is 1.28. The molecule has 0 saturated heterocycles. The summed E-state index contributed by atoms with van der Waals surface area (Å²) in [5, 5.41) is 1.23. The molecule has 0 aliphatic carbocycles. The fourth-order valence-electron chi connectivity index (χ4n) is 0.668. The van der Waals surface area contributed by atoms with Gasteiger partial charge in [-0.15, -0.1) is 9.24 Å². The first kappa shape index (κ1) is 11.1. The van der Waals surface area contributed by atoms with E-state index in [1.807, 2.05) is 13.8 Å². The third-order valence-corrected chi connectivity index (χ3v) is 2.43. The van der Waals surface area contributed by atoms with Crippen molar-refractivity contribution in [2.24, 2.45) is 0 Å². The van der Waals surface area contributed by atoms with Crippen molar-refractivity contribution in [1.82, 2.24) is 0 Å². The molecule has 0 fully saturated rings. The molecule has 0 radical (unpaired) electrons. The molecular formula is C9H14BrP. The SMILES string of the molecule is CC.Cc1cc(P)ccc1Br. The van der Waals surface area contributed by atoms with Crippen LogP contribution < -0.4 is 5.30 Å². The van der Waals surface area contributed by atoms with Crippen LogP contribution in [0.25, 0.3) is 0 Å². The molecular weight excluding hydrogens is 219 g/mol. The van der Waals surface area contributed by atoms with Crippen molar-refractivity contribution in [3.8, 4) is 0 Å². The first-order valence-electron chi connectivity index (χ1n) is 3.72. The molecule has 0 N–H and O–H groups in total. The zero-order valence-electron chi connectivity index (χ0n) is 7.19. The molecule has 1 unspecified atom stereocenters. The van der Waals surface area contributed by atoms with Gasteiger partial charge in [-0.1, -0.05) is 41.9 Å². The van der Waals surface area contributed by atoms with E-state index in [9.17, 15) is 0 Å². The van der Waals surface area contributed by atoms with Gasteiger partial charge in [0.15, 0.2) is 0 Å². The van der Waals surface area contributed by atoms with Crippen molar-refractivity contribution in [1.29, 1.82) is 0 Å². The van der Waals surface area contributed by atoms with Gasteiger partial charge in [-0.3, -0.25) is 0 Å². The smallest absolute Gasteiger partial charge is 0.0204 e. The Balaban J connectivity index is 0.000000461. The van der Waals surface area contributed by atoms with E-state index >= 15 is 0 Å². The summed E-state index contributed by atoms with van der Waals surface area (Å²) in [6.07, 6.45) is 0. The zero-order valence-corrected chi connectivity index (χ0v) is 9.93. The average Bonchev–Trinajstić information content (AvgIpc) is 2.02. The summed E-state index contributed by atoms with van der Waals surface area (Å²) in [5.74, 6) is 0. The van der Waals surface area contributed by atoms with Crippen LogP contribution in [0.15, 0.2) is 22.7 Å². The lowest BCUT2D eigenvalue weighted by atomic mass is 10.2. The highest BCUT2D eigenvalue weighted by atomic mass is 79.9. The molecule has 1 atom stereocenters. The summed E-state index contributed by atoms with van der Waals surface area (Å²) in [4.78, 5) is 0. The molecule has 1 rings (SSSR count). The maximum Gasteiger partial charge on any atom is 0.0204 e. The summed E-state index contributed by atoms with van der Waals surface area (Å²) in [6.45, 7) is 6.08. The maximum absolute atomic E-state index is 3.42. The van der Waals surface area contributed by atoms with Crippen molar-refractivity contribution in [2.75, 3.05) is 0 Å². The Morgan fingerprint density at radius 3 is 2.18 bits per heavy atom. The lowest BCUT2D eigenvalue weighted by molar-refractivity contribution is 1.45. The van der Waals surface area contributed by atoms with Gasteiger partial charge in [0.05, 0.1) is 0 Å². The topological polar surface area (TPSA) is 0 Å². The first-order chi connectivity index (χ1) is 5.20. The third kappa shape index (κ3) is 3.88. The summed E-state index contributed by atoms with van der Waals surface area (Å²) in [7, 11) is 2.66. The van der Waals surface area contributed by atoms with Crippen molar-refractivity contribution in [3.05, 3.63) is 28.2 Å². The second-order valence-corrected chi connectivity index (χ2v) is 3.53. The molecule has 0 aromatic heterocycles. The minimum Gasteiger partial charge on any atom is -0.106 e. The van der Waals surface area contributed by atoms with E-state index in [0.29, 0.717) is 0 Å². The Hall–Kier alpha value is 0.130. The highest BCUT2D eigenvalue weighted by Crippen LogP contribution is 2.13. The van der Waals surface area contributed by atoms with Crippen molar-refractivity contribution < 1.29 is 0 Å². The van der Waals surface area contributed by atoms with Gasteiger partial charge < -0.3 is 0 Å². The van der Waals surface area contributed by atoms with Crippen molar-refractivity contribution >= 4 is 30.5 Å². The van der Waals surface area contributed by atoms with Crippen molar-refractivity contribution in [2.45, 2.75) is 20.8 Å². The van der Waals surface area contributed by atoms with Gasteiger partial charge in [-0.2, -0.15) is 0 Å². The molecule has 0 heterocycles. The fourth-order valence-corrected chi connectivity index (χ4v) is 1.26. The Kier molecular flexibility index (Phi) is 5.81. The van der Waals surface area contributed by atoms with E-state index in [0.717, 1.165) is 0 Å². The Morgan fingerprint density at radius 1 is 1.27 bits per heavy atom. The Morgan fingerprint density at radius 2 is 1.82 bits per heavy atom. The first-order valence-corrected chi connectivity index (χ1v) is 5.09. The predicted octanol–water partition coefficient (Wildman–Crippen LogP) is 3.28. The molecule has 0 amide bonds. The molecule has 0 saturated carbocycles. The number of benzene rings is 1. The molecule has 2 heteroatoms. The molecule has 1 aromatic carbocycles. The van der Waals surface area contributed by atoms with E-state index in [4.69, 9.17) is 0 Å². The van der Waals surface area contributed by atoms with E-state index < -0.39 is 0 Å². The Labute approximate surface area is 79.7 Å². The van der Waals surface area contributed by atoms with Crippen LogP contribution in [-0.4, -0.2) is 0 Å². The average molecular weight is 233 g/mol. The molecule has 0 bridgehead atoms. The molecule has 0 nitrogen and oxygen atoms in total. The lowest BCUT2D eigenvalue weighted by Crippen LogP contribution is -1.89. The van der Waals surface area contributed by atoms with Crippen LogP contribution in [0, 0.1) is 6.92 Å². The van der Waals surface area contributed by atoms with Gasteiger partial charge in [0.1, 0.15) is 0 Å². The number of hydrogen-bond donors (Lipinski definition) is 0. The second kappa shape index (κ2) is 5.74. The number of hydrogen-bond acceptors (Lipinski definition) is 0. The van der Waals surface area contributed by atoms with Crippen LogP contribution in [0.2, 0.25) is 0 Å². The van der Waals surface area contributed by atoms with Gasteiger partial charge in [0, 0.05) is 4.47 Å². The Bertz CT molecular complexity index is 221. The third-order valence-electron chi connectivity index (χ3n) is 1.18. The molecule has 0 aliphatic rings. The summed E-state index contributed by atoms with van der Waals surface area (Å²) in [6, 6.07) is 6.23. The lowest BCUT2D eigenvalue weighted by Gasteiger charge is -1.96. The minimum atomic E-state index is 1.17. The molecule has 1 aromatic rings. The number of halogens is 1. The van der Waals surface area contributed by atoms with E-state index in [2.05, 4.69) is 50.3 Å². The van der Waals surface area contributed by atoms with Crippen LogP contribution in [-0.2, 0) is 0 Å². The highest BCUT2D eigenvalue weighted by molar-refractivity contribution is 9.10.